The van der Waals surface area contributed by atoms with Crippen molar-refractivity contribution in [2.45, 2.75) is 105 Å². The van der Waals surface area contributed by atoms with Crippen LogP contribution in [0.1, 0.15) is 79.0 Å². The predicted octanol–water partition coefficient (Wildman–Crippen LogP) is 8.22. The van der Waals surface area contributed by atoms with Gasteiger partial charge in [0.15, 0.2) is 0 Å². The third kappa shape index (κ3) is 7.93. The second-order valence-electron chi connectivity index (χ2n) is 15.7. The summed E-state index contributed by atoms with van der Waals surface area (Å²) in [5, 5.41) is 9.67. The number of aryl methyl sites for hydroxylation is 1. The molecular weight excluding hydrogens is 763 g/mol. The molecule has 0 aliphatic carbocycles. The number of benzene rings is 3. The molecule has 4 heterocycles. The van der Waals surface area contributed by atoms with Crippen molar-refractivity contribution in [3.8, 4) is 11.4 Å². The number of hydrogen-bond donors (Lipinski definition) is 0. The Labute approximate surface area is 349 Å². The molecule has 57 heavy (non-hydrogen) atoms. The summed E-state index contributed by atoms with van der Waals surface area (Å²) in [4.78, 5) is 21.8. The molecule has 0 amide bonds. The minimum atomic E-state index is -1.35. The van der Waals surface area contributed by atoms with Crippen molar-refractivity contribution in [3.63, 3.8) is 0 Å². The van der Waals surface area contributed by atoms with Gasteiger partial charge in [0.1, 0.15) is 44.0 Å². The van der Waals surface area contributed by atoms with Gasteiger partial charge in [0, 0.05) is 47.6 Å². The Morgan fingerprint density at radius 1 is 0.982 bits per heavy atom. The van der Waals surface area contributed by atoms with Crippen molar-refractivity contribution in [2.24, 2.45) is 5.92 Å². The van der Waals surface area contributed by atoms with Crippen LogP contribution in [-0.4, -0.2) is 73.6 Å². The maximum absolute atomic E-state index is 13.4. The van der Waals surface area contributed by atoms with Gasteiger partial charge in [-0.25, -0.2) is 23.7 Å². The fraction of sp³-hybridized carbons (Fsp3) is 0.488. The Balaban J connectivity index is 1.07. The number of hydrogen-bond acceptors (Lipinski definition) is 9. The maximum atomic E-state index is 13.4. The lowest BCUT2D eigenvalue weighted by atomic mass is 9.96. The molecule has 0 bridgehead atoms. The first-order valence-corrected chi connectivity index (χ1v) is 20.4. The molecule has 2 aliphatic rings. The van der Waals surface area contributed by atoms with E-state index in [4.69, 9.17) is 40.2 Å². The van der Waals surface area contributed by atoms with Gasteiger partial charge in [-0.3, -0.25) is 0 Å². The third-order valence-electron chi connectivity index (χ3n) is 11.5. The minimum absolute atomic E-state index is 0.00411. The number of ether oxygens (including phenoxy) is 3. The van der Waals surface area contributed by atoms with Crippen LogP contribution in [0.5, 0.6) is 5.75 Å². The first-order chi connectivity index (χ1) is 28.5. The SMILES string of the molecule is [2H]c1c([2H])c(N2CCN(c3ccc(-n4cnn(C(CC)C(C)C)c4=O)cc3C)CC2C)c([2H])c(C)c1OC[C@H]1O[C@](Cn2cncn2)(c2c(Cl)cc(Cl)c(C)c2C)OC1C. The number of anilines is 2. The lowest BCUT2D eigenvalue weighted by Gasteiger charge is -2.43. The fourth-order valence-electron chi connectivity index (χ4n) is 8.25. The van der Waals surface area contributed by atoms with Crippen molar-refractivity contribution < 1.29 is 18.3 Å². The number of rotatable bonds is 12. The summed E-state index contributed by atoms with van der Waals surface area (Å²) in [5.41, 5.74) is 5.88. The Bertz CT molecular complexity index is 2410. The van der Waals surface area contributed by atoms with Crippen LogP contribution in [0.4, 0.5) is 11.4 Å². The molecule has 5 atom stereocenters. The molecule has 0 spiro atoms. The Morgan fingerprint density at radius 3 is 2.46 bits per heavy atom. The number of aromatic nitrogens is 6. The lowest BCUT2D eigenvalue weighted by molar-refractivity contribution is -0.196. The minimum Gasteiger partial charge on any atom is -0.490 e. The lowest BCUT2D eigenvalue weighted by Crippen LogP contribution is -2.52. The van der Waals surface area contributed by atoms with Gasteiger partial charge >= 0.3 is 5.69 Å². The monoisotopic (exact) mass is 819 g/mol. The second-order valence-corrected chi connectivity index (χ2v) is 16.5. The third-order valence-corrected chi connectivity index (χ3v) is 12.2. The quantitative estimate of drug-likeness (QED) is 0.123. The number of nitrogens with zero attached hydrogens (tertiary/aromatic N) is 8. The van der Waals surface area contributed by atoms with E-state index in [0.29, 0.717) is 46.5 Å². The molecule has 2 fully saturated rings. The standard InChI is InChI=1S/C43H54Cl2N8O4/c1-10-37(26(2)3)53-42(54)52(25-48-53)34-11-13-38(27(4)17-34)49-15-16-51(29(6)20-49)33-12-14-39(28(5)18-33)55-21-40-32(9)56-43(57-40,22-50-24-46-23-47-50)41-31(8)30(7)35(44)19-36(41)45/h11-14,17-19,23-26,29,32,37,40H,10,15-16,20-22H2,1-9H3/t29?,32?,37?,40-,43-/m1/s1/i12D,14D,18D. The highest BCUT2D eigenvalue weighted by Crippen LogP contribution is 2.46. The van der Waals surface area contributed by atoms with Gasteiger partial charge in [0.25, 0.3) is 0 Å². The smallest absolute Gasteiger partial charge is 0.350 e. The second kappa shape index (κ2) is 16.5. The van der Waals surface area contributed by atoms with E-state index in [-0.39, 0.29) is 60.7 Å². The molecule has 0 N–H and O–H groups in total. The van der Waals surface area contributed by atoms with E-state index in [1.54, 1.807) is 39.6 Å². The Morgan fingerprint density at radius 2 is 1.77 bits per heavy atom. The molecule has 3 aromatic carbocycles. The van der Waals surface area contributed by atoms with Crippen LogP contribution < -0.4 is 20.2 Å². The van der Waals surface area contributed by atoms with Crippen molar-refractivity contribution >= 4 is 34.6 Å². The van der Waals surface area contributed by atoms with E-state index in [1.807, 2.05) is 45.9 Å². The highest BCUT2D eigenvalue weighted by atomic mass is 35.5. The van der Waals surface area contributed by atoms with Crippen LogP contribution >= 0.6 is 23.2 Å². The fourth-order valence-corrected chi connectivity index (χ4v) is 8.95. The largest absolute Gasteiger partial charge is 0.490 e. The van der Waals surface area contributed by atoms with Crippen molar-refractivity contribution in [1.29, 1.82) is 0 Å². The number of halogens is 2. The summed E-state index contributed by atoms with van der Waals surface area (Å²) in [6.07, 6.45) is 4.36. The van der Waals surface area contributed by atoms with Crippen molar-refractivity contribution in [1.82, 2.24) is 29.1 Å². The van der Waals surface area contributed by atoms with E-state index >= 15 is 0 Å². The first kappa shape index (κ1) is 36.9. The van der Waals surface area contributed by atoms with E-state index < -0.39 is 18.0 Å². The van der Waals surface area contributed by atoms with Crippen molar-refractivity contribution in [3.05, 3.63) is 110 Å². The molecule has 14 heteroatoms. The Hall–Kier alpha value is -4.36. The highest BCUT2D eigenvalue weighted by Gasteiger charge is 2.50. The zero-order chi connectivity index (χ0) is 43.4. The summed E-state index contributed by atoms with van der Waals surface area (Å²) in [5.74, 6) is -0.903. The molecule has 7 rings (SSSR count). The topological polar surface area (TPSA) is 105 Å². The predicted molar refractivity (Wildman–Crippen MR) is 225 cm³/mol. The normalized spacial score (nSPS) is 22.5. The van der Waals surface area contributed by atoms with Gasteiger partial charge in [-0.1, -0.05) is 44.0 Å². The van der Waals surface area contributed by atoms with Crippen LogP contribution in [0.15, 0.2) is 66.2 Å². The molecule has 5 aromatic rings. The molecule has 12 nitrogen and oxygen atoms in total. The summed E-state index contributed by atoms with van der Waals surface area (Å²) in [6, 6.07) is 7.65. The van der Waals surface area contributed by atoms with E-state index in [1.165, 1.54) is 6.33 Å². The average molecular weight is 821 g/mol. The molecule has 304 valence electrons. The van der Waals surface area contributed by atoms with Crippen molar-refractivity contribution in [2.75, 3.05) is 36.0 Å². The van der Waals surface area contributed by atoms with E-state index in [2.05, 4.69) is 52.7 Å². The Kier molecular flexibility index (Phi) is 10.7. The van der Waals surface area contributed by atoms with E-state index in [0.717, 1.165) is 34.5 Å². The summed E-state index contributed by atoms with van der Waals surface area (Å²) >= 11 is 13.3. The number of piperazine rings is 1. The summed E-state index contributed by atoms with van der Waals surface area (Å²) in [7, 11) is 0. The molecule has 0 saturated carbocycles. The first-order valence-electron chi connectivity index (χ1n) is 21.1. The highest BCUT2D eigenvalue weighted by molar-refractivity contribution is 6.35. The van der Waals surface area contributed by atoms with Crippen LogP contribution in [0.2, 0.25) is 10.0 Å². The van der Waals surface area contributed by atoms with Gasteiger partial charge in [-0.15, -0.1) is 0 Å². The molecular formula is C43H54Cl2N8O4. The molecule has 0 radical (unpaired) electrons. The zero-order valence-electron chi connectivity index (χ0n) is 37.1. The van der Waals surface area contributed by atoms with Crippen LogP contribution in [0.3, 0.4) is 0 Å². The average Bonchev–Trinajstić information content (AvgIpc) is 3.93. The van der Waals surface area contributed by atoms with Crippen LogP contribution in [0.25, 0.3) is 5.69 Å². The van der Waals surface area contributed by atoms with E-state index in [9.17, 15) is 6.17 Å². The van der Waals surface area contributed by atoms with Gasteiger partial charge in [-0.2, -0.15) is 10.2 Å². The summed E-state index contributed by atoms with van der Waals surface area (Å²) in [6.45, 7) is 19.8. The van der Waals surface area contributed by atoms with Gasteiger partial charge < -0.3 is 24.0 Å². The summed E-state index contributed by atoms with van der Waals surface area (Å²) < 4.78 is 52.0. The van der Waals surface area contributed by atoms with Crippen LogP contribution in [0, 0.1) is 33.6 Å². The molecule has 2 aliphatic heterocycles. The maximum Gasteiger partial charge on any atom is 0.350 e. The molecule has 3 unspecified atom stereocenters. The molecule has 2 aromatic heterocycles. The van der Waals surface area contributed by atoms with Gasteiger partial charge in [0.2, 0.25) is 5.79 Å². The van der Waals surface area contributed by atoms with Gasteiger partial charge in [0.05, 0.1) is 27.0 Å². The van der Waals surface area contributed by atoms with Gasteiger partial charge in [-0.05, 0) is 119 Å². The van der Waals surface area contributed by atoms with Crippen LogP contribution in [-0.2, 0) is 21.8 Å². The zero-order valence-corrected chi connectivity index (χ0v) is 35.6. The molecule has 2 saturated heterocycles.